The lowest BCUT2D eigenvalue weighted by atomic mass is 9.74. The van der Waals surface area contributed by atoms with Crippen LogP contribution in [0.15, 0.2) is 24.3 Å². The van der Waals surface area contributed by atoms with E-state index in [1.54, 1.807) is 24.3 Å². The standard InChI is InChI=1S/C18H25NO5/c1-2-23-14-6-8-15(9-7-14)24-12-16(20)19-13-18(17(21)22)10-4-3-5-11-18/h6-9H,2-5,10-13H2,1H3,(H,19,20)(H,21,22). The average molecular weight is 335 g/mol. The summed E-state index contributed by atoms with van der Waals surface area (Å²) in [4.78, 5) is 23.5. The van der Waals surface area contributed by atoms with Crippen LogP contribution in [0.1, 0.15) is 39.0 Å². The van der Waals surface area contributed by atoms with Crippen molar-refractivity contribution < 1.29 is 24.2 Å². The van der Waals surface area contributed by atoms with Crippen LogP contribution in [0.25, 0.3) is 0 Å². The van der Waals surface area contributed by atoms with Crippen molar-refractivity contribution in [2.75, 3.05) is 19.8 Å². The largest absolute Gasteiger partial charge is 0.494 e. The normalized spacial score (nSPS) is 16.2. The Hall–Kier alpha value is -2.24. The minimum Gasteiger partial charge on any atom is -0.494 e. The zero-order chi connectivity index (χ0) is 17.4. The van der Waals surface area contributed by atoms with Crippen molar-refractivity contribution in [2.45, 2.75) is 39.0 Å². The van der Waals surface area contributed by atoms with E-state index >= 15 is 0 Å². The van der Waals surface area contributed by atoms with E-state index in [1.807, 2.05) is 6.92 Å². The number of rotatable bonds is 8. The number of ether oxygens (including phenoxy) is 2. The molecule has 1 aromatic carbocycles. The number of hydrogen-bond donors (Lipinski definition) is 2. The fraction of sp³-hybridized carbons (Fsp3) is 0.556. The number of carbonyl (C=O) groups excluding carboxylic acids is 1. The summed E-state index contributed by atoms with van der Waals surface area (Å²) >= 11 is 0. The van der Waals surface area contributed by atoms with E-state index in [-0.39, 0.29) is 19.1 Å². The smallest absolute Gasteiger partial charge is 0.311 e. The summed E-state index contributed by atoms with van der Waals surface area (Å²) in [7, 11) is 0. The molecular weight excluding hydrogens is 310 g/mol. The molecule has 6 nitrogen and oxygen atoms in total. The maximum Gasteiger partial charge on any atom is 0.311 e. The van der Waals surface area contributed by atoms with Gasteiger partial charge in [-0.1, -0.05) is 19.3 Å². The molecule has 132 valence electrons. The molecule has 0 saturated heterocycles. The van der Waals surface area contributed by atoms with Crippen LogP contribution in [-0.2, 0) is 9.59 Å². The van der Waals surface area contributed by atoms with Gasteiger partial charge in [0, 0.05) is 6.54 Å². The van der Waals surface area contributed by atoms with Gasteiger partial charge < -0.3 is 19.9 Å². The van der Waals surface area contributed by atoms with E-state index < -0.39 is 11.4 Å². The zero-order valence-corrected chi connectivity index (χ0v) is 14.0. The molecule has 1 amide bonds. The predicted octanol–water partition coefficient (Wildman–Crippen LogP) is 2.62. The van der Waals surface area contributed by atoms with Gasteiger partial charge in [0.15, 0.2) is 6.61 Å². The molecule has 24 heavy (non-hydrogen) atoms. The fourth-order valence-corrected chi connectivity index (χ4v) is 2.96. The highest BCUT2D eigenvalue weighted by Gasteiger charge is 2.39. The molecular formula is C18H25NO5. The number of benzene rings is 1. The van der Waals surface area contributed by atoms with Crippen LogP contribution >= 0.6 is 0 Å². The van der Waals surface area contributed by atoms with Gasteiger partial charge in [0.1, 0.15) is 11.5 Å². The van der Waals surface area contributed by atoms with Crippen molar-refractivity contribution in [1.29, 1.82) is 0 Å². The Morgan fingerprint density at radius 1 is 1.08 bits per heavy atom. The molecule has 0 radical (unpaired) electrons. The van der Waals surface area contributed by atoms with Gasteiger partial charge in [0.25, 0.3) is 5.91 Å². The van der Waals surface area contributed by atoms with Crippen molar-refractivity contribution in [2.24, 2.45) is 5.41 Å². The number of carboxylic acid groups (broad SMARTS) is 1. The third-order valence-electron chi connectivity index (χ3n) is 4.39. The Kier molecular flexibility index (Phi) is 6.46. The number of aliphatic carboxylic acids is 1. The minimum absolute atomic E-state index is 0.135. The molecule has 0 atom stereocenters. The van der Waals surface area contributed by atoms with Crippen molar-refractivity contribution >= 4 is 11.9 Å². The van der Waals surface area contributed by atoms with E-state index in [2.05, 4.69) is 5.32 Å². The molecule has 0 bridgehead atoms. The quantitative estimate of drug-likeness (QED) is 0.763. The Balaban J connectivity index is 1.79. The summed E-state index contributed by atoms with van der Waals surface area (Å²) in [6.45, 7) is 2.52. The molecule has 1 aliphatic carbocycles. The number of carboxylic acids is 1. The monoisotopic (exact) mass is 335 g/mol. The van der Waals surface area contributed by atoms with E-state index in [4.69, 9.17) is 9.47 Å². The van der Waals surface area contributed by atoms with Crippen LogP contribution in [0.5, 0.6) is 11.5 Å². The first-order valence-electron chi connectivity index (χ1n) is 8.41. The van der Waals surface area contributed by atoms with Gasteiger partial charge in [-0.15, -0.1) is 0 Å². The number of carbonyl (C=O) groups is 2. The lowest BCUT2D eigenvalue weighted by Crippen LogP contribution is -2.45. The highest BCUT2D eigenvalue weighted by molar-refractivity contribution is 5.80. The first kappa shape index (κ1) is 18.1. The molecule has 0 aliphatic heterocycles. The second-order valence-corrected chi connectivity index (χ2v) is 6.12. The molecule has 1 fully saturated rings. The summed E-state index contributed by atoms with van der Waals surface area (Å²) in [6, 6.07) is 7.02. The van der Waals surface area contributed by atoms with Gasteiger partial charge in [0.2, 0.25) is 0 Å². The molecule has 0 unspecified atom stereocenters. The van der Waals surface area contributed by atoms with Crippen molar-refractivity contribution in [3.63, 3.8) is 0 Å². The van der Waals surface area contributed by atoms with Crippen LogP contribution in [0.3, 0.4) is 0 Å². The molecule has 1 saturated carbocycles. The molecule has 0 spiro atoms. The lowest BCUT2D eigenvalue weighted by Gasteiger charge is -2.33. The SMILES string of the molecule is CCOc1ccc(OCC(=O)NCC2(C(=O)O)CCCCC2)cc1. The van der Waals surface area contributed by atoms with E-state index in [1.165, 1.54) is 0 Å². The lowest BCUT2D eigenvalue weighted by molar-refractivity contribution is -0.151. The van der Waals surface area contributed by atoms with Crippen LogP contribution in [0.4, 0.5) is 0 Å². The first-order chi connectivity index (χ1) is 11.6. The molecule has 1 aromatic rings. The molecule has 0 aromatic heterocycles. The molecule has 1 aliphatic rings. The highest BCUT2D eigenvalue weighted by atomic mass is 16.5. The predicted molar refractivity (Wildman–Crippen MR) is 89.3 cm³/mol. The number of nitrogens with one attached hydrogen (secondary N) is 1. The maximum absolute atomic E-state index is 11.9. The Bertz CT molecular complexity index is 549. The van der Waals surface area contributed by atoms with Gasteiger partial charge >= 0.3 is 5.97 Å². The Labute approximate surface area is 142 Å². The van der Waals surface area contributed by atoms with Crippen LogP contribution in [0.2, 0.25) is 0 Å². The summed E-state index contributed by atoms with van der Waals surface area (Å²) in [5.41, 5.74) is -0.826. The van der Waals surface area contributed by atoms with E-state index in [0.29, 0.717) is 25.2 Å². The van der Waals surface area contributed by atoms with Gasteiger partial charge in [-0.25, -0.2) is 0 Å². The molecule has 0 heterocycles. The zero-order valence-electron chi connectivity index (χ0n) is 14.0. The topological polar surface area (TPSA) is 84.9 Å². The van der Waals surface area contributed by atoms with Crippen LogP contribution in [0, 0.1) is 5.41 Å². The Morgan fingerprint density at radius 2 is 1.67 bits per heavy atom. The minimum atomic E-state index is -0.826. The maximum atomic E-state index is 11.9. The third-order valence-corrected chi connectivity index (χ3v) is 4.39. The summed E-state index contributed by atoms with van der Waals surface area (Å²) in [5.74, 6) is 0.180. The Morgan fingerprint density at radius 3 is 2.21 bits per heavy atom. The van der Waals surface area contributed by atoms with Crippen molar-refractivity contribution in [3.05, 3.63) is 24.3 Å². The van der Waals surface area contributed by atoms with Crippen LogP contribution in [-0.4, -0.2) is 36.7 Å². The first-order valence-corrected chi connectivity index (χ1v) is 8.41. The van der Waals surface area contributed by atoms with Crippen LogP contribution < -0.4 is 14.8 Å². The van der Waals surface area contributed by atoms with Gasteiger partial charge in [0.05, 0.1) is 12.0 Å². The fourth-order valence-electron chi connectivity index (χ4n) is 2.96. The highest BCUT2D eigenvalue weighted by Crippen LogP contribution is 2.35. The molecule has 2 rings (SSSR count). The van der Waals surface area contributed by atoms with Gasteiger partial charge in [-0.3, -0.25) is 9.59 Å². The van der Waals surface area contributed by atoms with Gasteiger partial charge in [-0.2, -0.15) is 0 Å². The number of amides is 1. The summed E-state index contributed by atoms with van der Waals surface area (Å²) in [6.07, 6.45) is 4.07. The third kappa shape index (κ3) is 4.88. The molecule has 6 heteroatoms. The number of hydrogen-bond acceptors (Lipinski definition) is 4. The van der Waals surface area contributed by atoms with Crippen molar-refractivity contribution in [3.8, 4) is 11.5 Å². The van der Waals surface area contributed by atoms with E-state index in [0.717, 1.165) is 25.0 Å². The second kappa shape index (κ2) is 8.57. The second-order valence-electron chi connectivity index (χ2n) is 6.12. The van der Waals surface area contributed by atoms with E-state index in [9.17, 15) is 14.7 Å². The van der Waals surface area contributed by atoms with Crippen molar-refractivity contribution in [1.82, 2.24) is 5.32 Å². The molecule has 2 N–H and O–H groups in total. The summed E-state index contributed by atoms with van der Waals surface area (Å²) in [5, 5.41) is 12.2. The summed E-state index contributed by atoms with van der Waals surface area (Å²) < 4.78 is 10.8. The average Bonchev–Trinajstić information content (AvgIpc) is 2.60. The van der Waals surface area contributed by atoms with Gasteiger partial charge in [-0.05, 0) is 44.0 Å².